The molecular weight excluding hydrogens is 306 g/mol. The van der Waals surface area contributed by atoms with E-state index in [1.807, 2.05) is 24.3 Å². The Bertz CT molecular complexity index is 490. The summed E-state index contributed by atoms with van der Waals surface area (Å²) in [4.78, 5) is 14.0. The Hall–Kier alpha value is -1.38. The van der Waals surface area contributed by atoms with Gasteiger partial charge < -0.3 is 5.32 Å². The highest BCUT2D eigenvalue weighted by Gasteiger charge is 2.20. The van der Waals surface area contributed by atoms with Crippen molar-refractivity contribution >= 4 is 27.5 Å². The lowest BCUT2D eigenvalue weighted by Crippen LogP contribution is -2.39. The largest absolute Gasteiger partial charge is 0.324 e. The number of para-hydroxylation sites is 1. The summed E-state index contributed by atoms with van der Waals surface area (Å²) in [5.41, 5.74) is 0.791. The molecule has 1 aromatic carbocycles. The van der Waals surface area contributed by atoms with Crippen molar-refractivity contribution in [1.82, 2.24) is 4.90 Å². The number of hydrogen-bond acceptors (Lipinski definition) is 3. The van der Waals surface area contributed by atoms with E-state index >= 15 is 0 Å². The van der Waals surface area contributed by atoms with Crippen LogP contribution in [0.4, 0.5) is 5.69 Å². The zero-order valence-corrected chi connectivity index (χ0v) is 12.2. The Labute approximate surface area is 121 Å². The third kappa shape index (κ3) is 4.05. The van der Waals surface area contributed by atoms with E-state index in [0.29, 0.717) is 6.54 Å². The molecule has 0 aliphatic carbocycles. The van der Waals surface area contributed by atoms with Crippen molar-refractivity contribution in [3.63, 3.8) is 0 Å². The molecule has 4 nitrogen and oxygen atoms in total. The van der Waals surface area contributed by atoms with Crippen LogP contribution in [0.3, 0.4) is 0 Å². The Morgan fingerprint density at radius 1 is 1.42 bits per heavy atom. The van der Waals surface area contributed by atoms with Crippen LogP contribution in [0.2, 0.25) is 0 Å². The van der Waals surface area contributed by atoms with E-state index in [9.17, 15) is 4.79 Å². The Balaban J connectivity index is 1.83. The molecule has 1 N–H and O–H groups in total. The molecule has 0 saturated carbocycles. The quantitative estimate of drug-likeness (QED) is 0.931. The van der Waals surface area contributed by atoms with Gasteiger partial charge in [0.15, 0.2) is 0 Å². The molecule has 1 aromatic rings. The van der Waals surface area contributed by atoms with Crippen LogP contribution in [0.15, 0.2) is 28.7 Å². The highest BCUT2D eigenvalue weighted by molar-refractivity contribution is 9.10. The van der Waals surface area contributed by atoms with Gasteiger partial charge in [-0.1, -0.05) is 12.1 Å². The van der Waals surface area contributed by atoms with E-state index < -0.39 is 0 Å². The van der Waals surface area contributed by atoms with E-state index in [0.717, 1.165) is 36.1 Å². The van der Waals surface area contributed by atoms with Crippen LogP contribution in [0.1, 0.15) is 12.8 Å². The molecule has 0 radical (unpaired) electrons. The Kier molecular flexibility index (Phi) is 4.94. The van der Waals surface area contributed by atoms with Crippen molar-refractivity contribution < 1.29 is 4.79 Å². The van der Waals surface area contributed by atoms with Gasteiger partial charge in [0, 0.05) is 10.4 Å². The van der Waals surface area contributed by atoms with Crippen molar-refractivity contribution in [2.45, 2.75) is 12.8 Å². The van der Waals surface area contributed by atoms with Gasteiger partial charge in [0.2, 0.25) is 5.91 Å². The van der Waals surface area contributed by atoms with Crippen molar-refractivity contribution in [3.8, 4) is 6.07 Å². The van der Waals surface area contributed by atoms with Crippen molar-refractivity contribution in [2.24, 2.45) is 5.92 Å². The van der Waals surface area contributed by atoms with Crippen LogP contribution in [0.25, 0.3) is 0 Å². The maximum absolute atomic E-state index is 11.9. The van der Waals surface area contributed by atoms with E-state index in [4.69, 9.17) is 5.26 Å². The van der Waals surface area contributed by atoms with Gasteiger partial charge in [0.05, 0.1) is 18.3 Å². The first-order valence-corrected chi connectivity index (χ1v) is 7.14. The molecule has 0 atom stereocenters. The lowest BCUT2D eigenvalue weighted by atomic mass is 9.99. The molecule has 1 aliphatic rings. The standard InChI is InChI=1S/C14H16BrN3O/c15-12-3-1-2-4-13(12)17-14(19)10-18-7-5-11(9-16)6-8-18/h1-4,11H,5-8,10H2,(H,17,19). The molecule has 1 amide bonds. The first-order chi connectivity index (χ1) is 9.19. The summed E-state index contributed by atoms with van der Waals surface area (Å²) < 4.78 is 0.881. The predicted octanol–water partition coefficient (Wildman–Crippen LogP) is 2.62. The van der Waals surface area contributed by atoms with E-state index in [1.54, 1.807) is 0 Å². The molecule has 1 aliphatic heterocycles. The van der Waals surface area contributed by atoms with Crippen molar-refractivity contribution in [3.05, 3.63) is 28.7 Å². The Morgan fingerprint density at radius 3 is 2.74 bits per heavy atom. The molecule has 0 aromatic heterocycles. The van der Waals surface area contributed by atoms with Gasteiger partial charge in [0.1, 0.15) is 0 Å². The average Bonchev–Trinajstić information content (AvgIpc) is 2.42. The summed E-state index contributed by atoms with van der Waals surface area (Å²) in [5.74, 6) is 0.143. The van der Waals surface area contributed by atoms with Crippen LogP contribution >= 0.6 is 15.9 Å². The second-order valence-corrected chi connectivity index (χ2v) is 5.56. The van der Waals surface area contributed by atoms with Gasteiger partial charge in [0.25, 0.3) is 0 Å². The normalized spacial score (nSPS) is 16.8. The van der Waals surface area contributed by atoms with Crippen LogP contribution in [-0.2, 0) is 4.79 Å². The maximum atomic E-state index is 11.9. The summed E-state index contributed by atoms with van der Waals surface area (Å²) >= 11 is 3.40. The minimum absolute atomic E-state index is 0.0118. The monoisotopic (exact) mass is 321 g/mol. The zero-order chi connectivity index (χ0) is 13.7. The molecule has 5 heteroatoms. The van der Waals surface area contributed by atoms with Gasteiger partial charge in [-0.2, -0.15) is 5.26 Å². The second kappa shape index (κ2) is 6.69. The Morgan fingerprint density at radius 2 is 2.11 bits per heavy atom. The van der Waals surface area contributed by atoms with Gasteiger partial charge in [-0.3, -0.25) is 9.69 Å². The number of carbonyl (C=O) groups is 1. The molecule has 19 heavy (non-hydrogen) atoms. The fraction of sp³-hybridized carbons (Fsp3) is 0.429. The van der Waals surface area contributed by atoms with Crippen molar-refractivity contribution in [1.29, 1.82) is 5.26 Å². The number of likely N-dealkylation sites (tertiary alicyclic amines) is 1. The first-order valence-electron chi connectivity index (χ1n) is 6.35. The number of rotatable bonds is 3. The highest BCUT2D eigenvalue weighted by Crippen LogP contribution is 2.21. The summed E-state index contributed by atoms with van der Waals surface area (Å²) in [5, 5.41) is 11.7. The van der Waals surface area contributed by atoms with E-state index in [2.05, 4.69) is 32.2 Å². The molecular formula is C14H16BrN3O. The van der Waals surface area contributed by atoms with Gasteiger partial charge in [-0.05, 0) is 54.0 Å². The second-order valence-electron chi connectivity index (χ2n) is 4.71. The fourth-order valence-electron chi connectivity index (χ4n) is 2.18. The van der Waals surface area contributed by atoms with Gasteiger partial charge in [-0.25, -0.2) is 0 Å². The molecule has 0 unspecified atom stereocenters. The van der Waals surface area contributed by atoms with Crippen LogP contribution < -0.4 is 5.32 Å². The summed E-state index contributed by atoms with van der Waals surface area (Å²) in [6.07, 6.45) is 1.72. The minimum atomic E-state index is -0.0118. The molecule has 1 fully saturated rings. The topological polar surface area (TPSA) is 56.1 Å². The predicted molar refractivity (Wildman–Crippen MR) is 77.5 cm³/mol. The first kappa shape index (κ1) is 14.0. The van der Waals surface area contributed by atoms with Crippen molar-refractivity contribution in [2.75, 3.05) is 25.0 Å². The van der Waals surface area contributed by atoms with Gasteiger partial charge in [-0.15, -0.1) is 0 Å². The smallest absolute Gasteiger partial charge is 0.238 e. The lowest BCUT2D eigenvalue weighted by Gasteiger charge is -2.28. The van der Waals surface area contributed by atoms with Crippen LogP contribution in [0, 0.1) is 17.2 Å². The number of nitrogens with zero attached hydrogens (tertiary/aromatic N) is 2. The number of anilines is 1. The third-order valence-electron chi connectivity index (χ3n) is 3.29. The number of carbonyl (C=O) groups excluding carboxylic acids is 1. The van der Waals surface area contributed by atoms with Crippen LogP contribution in [-0.4, -0.2) is 30.4 Å². The van der Waals surface area contributed by atoms with E-state index in [1.165, 1.54) is 0 Å². The van der Waals surface area contributed by atoms with Crippen LogP contribution in [0.5, 0.6) is 0 Å². The summed E-state index contributed by atoms with van der Waals surface area (Å²) in [6, 6.07) is 9.85. The number of benzene rings is 1. The zero-order valence-electron chi connectivity index (χ0n) is 10.6. The van der Waals surface area contributed by atoms with E-state index in [-0.39, 0.29) is 11.8 Å². The number of nitrogens with one attached hydrogen (secondary N) is 1. The average molecular weight is 322 g/mol. The molecule has 1 saturated heterocycles. The summed E-state index contributed by atoms with van der Waals surface area (Å²) in [7, 11) is 0. The molecule has 2 rings (SSSR count). The number of amides is 1. The fourth-order valence-corrected chi connectivity index (χ4v) is 2.56. The number of hydrogen-bond donors (Lipinski definition) is 1. The molecule has 1 heterocycles. The number of halogens is 1. The minimum Gasteiger partial charge on any atom is -0.324 e. The molecule has 0 spiro atoms. The summed E-state index contributed by atoms with van der Waals surface area (Å²) in [6.45, 7) is 2.03. The number of nitriles is 1. The SMILES string of the molecule is N#CC1CCN(CC(=O)Nc2ccccc2Br)CC1. The molecule has 100 valence electrons. The molecule has 0 bridgehead atoms. The maximum Gasteiger partial charge on any atom is 0.238 e. The number of piperidine rings is 1. The van der Waals surface area contributed by atoms with Gasteiger partial charge >= 0.3 is 0 Å². The highest BCUT2D eigenvalue weighted by atomic mass is 79.9. The third-order valence-corrected chi connectivity index (χ3v) is 3.98. The lowest BCUT2D eigenvalue weighted by molar-refractivity contribution is -0.117.